The summed E-state index contributed by atoms with van der Waals surface area (Å²) in [6.07, 6.45) is 7.33. The van der Waals surface area contributed by atoms with Crippen molar-refractivity contribution >= 4 is 11.8 Å². The fourth-order valence-corrected chi connectivity index (χ4v) is 8.43. The van der Waals surface area contributed by atoms with Gasteiger partial charge < -0.3 is 15.3 Å². The number of hydrogen-bond donors (Lipinski definition) is 3. The van der Waals surface area contributed by atoms with Gasteiger partial charge in [-0.2, -0.15) is 0 Å². The molecular formula is C24H38O5. The van der Waals surface area contributed by atoms with Crippen LogP contribution in [0.3, 0.4) is 0 Å². The van der Waals surface area contributed by atoms with Gasteiger partial charge >= 0.3 is 5.97 Å². The number of aliphatic carboxylic acids is 1. The molecule has 0 amide bonds. The molecule has 0 aliphatic heterocycles. The summed E-state index contributed by atoms with van der Waals surface area (Å²) in [6.45, 7) is 6.64. The maximum Gasteiger partial charge on any atom is 0.303 e. The van der Waals surface area contributed by atoms with Gasteiger partial charge in [0.2, 0.25) is 0 Å². The molecule has 0 aromatic heterocycles. The van der Waals surface area contributed by atoms with E-state index in [2.05, 4.69) is 20.8 Å². The summed E-state index contributed by atoms with van der Waals surface area (Å²) < 4.78 is 0. The van der Waals surface area contributed by atoms with Crippen LogP contribution in [0.25, 0.3) is 0 Å². The van der Waals surface area contributed by atoms with Gasteiger partial charge in [0, 0.05) is 31.1 Å². The average molecular weight is 407 g/mol. The monoisotopic (exact) mass is 406 g/mol. The van der Waals surface area contributed by atoms with Gasteiger partial charge in [0.15, 0.2) is 5.79 Å². The smallest absolute Gasteiger partial charge is 0.303 e. The van der Waals surface area contributed by atoms with Gasteiger partial charge in [0.25, 0.3) is 0 Å². The Morgan fingerprint density at radius 2 is 1.83 bits per heavy atom. The highest BCUT2D eigenvalue weighted by Crippen LogP contribution is 2.67. The fraction of sp³-hybridized carbons (Fsp3) is 0.917. The summed E-state index contributed by atoms with van der Waals surface area (Å²) in [5, 5.41) is 29.5. The number of ketones is 1. The lowest BCUT2D eigenvalue weighted by Gasteiger charge is -2.61. The summed E-state index contributed by atoms with van der Waals surface area (Å²) in [7, 11) is 0. The van der Waals surface area contributed by atoms with Crippen LogP contribution in [-0.2, 0) is 9.59 Å². The predicted molar refractivity (Wildman–Crippen MR) is 109 cm³/mol. The number of Topliss-reactive ketones (excluding diaryl/α,β-unsaturated/α-hetero) is 1. The van der Waals surface area contributed by atoms with E-state index in [0.29, 0.717) is 55.1 Å². The van der Waals surface area contributed by atoms with Gasteiger partial charge in [-0.15, -0.1) is 0 Å². The first kappa shape index (κ1) is 21.3. The minimum Gasteiger partial charge on any atom is -0.481 e. The molecule has 0 aromatic rings. The molecular weight excluding hydrogens is 368 g/mol. The second-order valence-corrected chi connectivity index (χ2v) is 11.3. The van der Waals surface area contributed by atoms with Crippen LogP contribution in [0.4, 0.5) is 0 Å². The maximum atomic E-state index is 13.6. The van der Waals surface area contributed by atoms with Gasteiger partial charge in [-0.1, -0.05) is 20.8 Å². The summed E-state index contributed by atoms with van der Waals surface area (Å²) in [6, 6.07) is 0. The van der Waals surface area contributed by atoms with Crippen molar-refractivity contribution in [1.29, 1.82) is 0 Å². The second-order valence-electron chi connectivity index (χ2n) is 11.3. The number of carboxylic acid groups (broad SMARTS) is 1. The molecule has 4 rings (SSSR count). The average Bonchev–Trinajstić information content (AvgIpc) is 3.00. The van der Waals surface area contributed by atoms with Crippen molar-refractivity contribution in [2.45, 2.75) is 90.8 Å². The number of hydrogen-bond acceptors (Lipinski definition) is 4. The van der Waals surface area contributed by atoms with E-state index in [4.69, 9.17) is 5.11 Å². The molecule has 0 radical (unpaired) electrons. The Balaban J connectivity index is 1.57. The zero-order chi connectivity index (χ0) is 21.2. The predicted octanol–water partition coefficient (Wildman–Crippen LogP) is 4.01. The molecule has 29 heavy (non-hydrogen) atoms. The Labute approximate surface area is 174 Å². The molecule has 8 atom stereocenters. The van der Waals surface area contributed by atoms with Crippen molar-refractivity contribution in [2.24, 2.45) is 46.3 Å². The maximum absolute atomic E-state index is 13.6. The van der Waals surface area contributed by atoms with Crippen molar-refractivity contribution in [1.82, 2.24) is 0 Å². The van der Waals surface area contributed by atoms with Crippen molar-refractivity contribution in [3.8, 4) is 0 Å². The van der Waals surface area contributed by atoms with Crippen molar-refractivity contribution in [2.75, 3.05) is 0 Å². The summed E-state index contributed by atoms with van der Waals surface area (Å²) in [5.74, 6) is 0.236. The normalized spacial score (nSPS) is 47.1. The van der Waals surface area contributed by atoms with Crippen LogP contribution in [-0.4, -0.2) is 32.9 Å². The lowest BCUT2D eigenvalue weighted by atomic mass is 9.44. The van der Waals surface area contributed by atoms with E-state index in [1.807, 2.05) is 0 Å². The summed E-state index contributed by atoms with van der Waals surface area (Å²) in [5.41, 5.74) is -0.281. The van der Waals surface area contributed by atoms with Crippen molar-refractivity contribution in [3.63, 3.8) is 0 Å². The van der Waals surface area contributed by atoms with Crippen molar-refractivity contribution in [3.05, 3.63) is 0 Å². The molecule has 164 valence electrons. The first-order valence-corrected chi connectivity index (χ1v) is 11.7. The van der Waals surface area contributed by atoms with E-state index in [1.165, 1.54) is 0 Å². The van der Waals surface area contributed by atoms with Crippen molar-refractivity contribution < 1.29 is 24.9 Å². The lowest BCUT2D eigenvalue weighted by molar-refractivity contribution is -0.231. The van der Waals surface area contributed by atoms with Crippen LogP contribution in [0, 0.1) is 46.3 Å². The summed E-state index contributed by atoms with van der Waals surface area (Å²) >= 11 is 0. The lowest BCUT2D eigenvalue weighted by Crippen LogP contribution is -2.58. The van der Waals surface area contributed by atoms with E-state index >= 15 is 0 Å². The first-order valence-electron chi connectivity index (χ1n) is 11.7. The molecule has 0 unspecified atom stereocenters. The standard InChI is InChI=1S/C24H38O5/c1-14(4-9-21(26)27)17-7-8-18-16-6-5-15-13-24(28,29)11-10-22(15,2)19(16)12-20(25)23(17,18)3/h14-19,28-29H,4-13H2,1-3H3,(H,26,27)/t14-,15-,16+,17-,18+,19+,22+,23-/m1/s1. The largest absolute Gasteiger partial charge is 0.481 e. The number of fused-ring (bicyclic) bond motifs is 5. The van der Waals surface area contributed by atoms with E-state index < -0.39 is 11.8 Å². The van der Waals surface area contributed by atoms with Crippen LogP contribution in [0.1, 0.15) is 85.0 Å². The zero-order valence-corrected chi connectivity index (χ0v) is 18.2. The van der Waals surface area contributed by atoms with Crippen LogP contribution in [0.5, 0.6) is 0 Å². The molecule has 4 aliphatic carbocycles. The molecule has 4 fully saturated rings. The molecule has 0 saturated heterocycles. The third-order valence-corrected chi connectivity index (χ3v) is 10.1. The van der Waals surface area contributed by atoms with Gasteiger partial charge in [0.1, 0.15) is 5.78 Å². The molecule has 0 spiro atoms. The SMILES string of the molecule is C[C@H](CCC(=O)O)[C@H]1CC[C@H]2[C@@H]3CC[C@@H]4CC(O)(O)CC[C@]4(C)[C@H]3CC(=O)[C@]12C. The first-order chi connectivity index (χ1) is 13.5. The van der Waals surface area contributed by atoms with Crippen LogP contribution in [0.15, 0.2) is 0 Å². The van der Waals surface area contributed by atoms with Gasteiger partial charge in [-0.05, 0) is 79.4 Å². The summed E-state index contributed by atoms with van der Waals surface area (Å²) in [4.78, 5) is 24.7. The second kappa shape index (κ2) is 7.05. The molecule has 0 heterocycles. The minimum atomic E-state index is -1.54. The third kappa shape index (κ3) is 3.27. The van der Waals surface area contributed by atoms with Gasteiger partial charge in [-0.25, -0.2) is 0 Å². The zero-order valence-electron chi connectivity index (χ0n) is 18.2. The topological polar surface area (TPSA) is 94.8 Å². The van der Waals surface area contributed by atoms with E-state index in [-0.39, 0.29) is 29.1 Å². The van der Waals surface area contributed by atoms with E-state index in [9.17, 15) is 19.8 Å². The van der Waals surface area contributed by atoms with Gasteiger partial charge in [0.05, 0.1) is 0 Å². The minimum absolute atomic E-state index is 0.0296. The van der Waals surface area contributed by atoms with E-state index in [0.717, 1.165) is 32.1 Å². The quantitative estimate of drug-likeness (QED) is 0.613. The number of carbonyl (C=O) groups is 2. The molecule has 4 saturated carbocycles. The molecule has 4 aliphatic rings. The van der Waals surface area contributed by atoms with Crippen LogP contribution < -0.4 is 0 Å². The highest BCUT2D eigenvalue weighted by atomic mass is 16.5. The molecule has 0 aromatic carbocycles. The highest BCUT2D eigenvalue weighted by Gasteiger charge is 2.64. The number of carbonyl (C=O) groups excluding carboxylic acids is 1. The molecule has 3 N–H and O–H groups in total. The highest BCUT2D eigenvalue weighted by molar-refractivity contribution is 5.87. The number of aliphatic hydroxyl groups is 2. The third-order valence-electron chi connectivity index (χ3n) is 10.1. The Morgan fingerprint density at radius 1 is 1.10 bits per heavy atom. The van der Waals surface area contributed by atoms with E-state index in [1.54, 1.807) is 0 Å². The molecule has 5 heteroatoms. The number of carboxylic acids is 1. The van der Waals surface area contributed by atoms with Crippen LogP contribution in [0.2, 0.25) is 0 Å². The van der Waals surface area contributed by atoms with Gasteiger partial charge in [-0.3, -0.25) is 9.59 Å². The molecule has 0 bridgehead atoms. The Kier molecular flexibility index (Phi) is 5.18. The van der Waals surface area contributed by atoms with Crippen LogP contribution >= 0.6 is 0 Å². The molecule has 5 nitrogen and oxygen atoms in total. The Hall–Kier alpha value is -0.940. The Morgan fingerprint density at radius 3 is 2.52 bits per heavy atom. The number of rotatable bonds is 4. The Bertz CT molecular complexity index is 687. The fourth-order valence-electron chi connectivity index (χ4n) is 8.43.